The predicted octanol–water partition coefficient (Wildman–Crippen LogP) is 2.36. The summed E-state index contributed by atoms with van der Waals surface area (Å²) in [6.07, 6.45) is 7.42. The first-order valence-corrected chi connectivity index (χ1v) is 7.93. The van der Waals surface area contributed by atoms with E-state index in [1.165, 1.54) is 25.7 Å². The second kappa shape index (κ2) is 6.00. The molecule has 0 radical (unpaired) electrons. The zero-order valence-corrected chi connectivity index (χ0v) is 12.5. The highest BCUT2D eigenvalue weighted by Crippen LogP contribution is 2.29. The molecular formula is C16H26N4. The third kappa shape index (κ3) is 2.90. The minimum absolute atomic E-state index is 0.798. The maximum absolute atomic E-state index is 6.03. The number of pyridine rings is 1. The largest absolute Gasteiger partial charge is 0.396 e. The van der Waals surface area contributed by atoms with Gasteiger partial charge in [-0.25, -0.2) is 4.98 Å². The van der Waals surface area contributed by atoms with Gasteiger partial charge in [0.1, 0.15) is 0 Å². The standard InChI is InChI=1S/C16H26N4/c1-13-4-2-5-14(12-13)19-8-10-20(11-9-19)16-15(17)6-3-7-18-16/h3,6-7,13-14H,2,4-5,8-12,17H2,1H3. The lowest BCUT2D eigenvalue weighted by atomic mass is 9.86. The summed E-state index contributed by atoms with van der Waals surface area (Å²) in [5.41, 5.74) is 6.83. The van der Waals surface area contributed by atoms with E-state index in [9.17, 15) is 0 Å². The molecule has 2 aliphatic rings. The molecule has 4 heteroatoms. The van der Waals surface area contributed by atoms with Gasteiger partial charge in [-0.3, -0.25) is 4.90 Å². The number of nitrogens with two attached hydrogens (primary N) is 1. The van der Waals surface area contributed by atoms with Gasteiger partial charge < -0.3 is 10.6 Å². The summed E-state index contributed by atoms with van der Waals surface area (Å²) in [6.45, 7) is 6.79. The Morgan fingerprint density at radius 1 is 1.20 bits per heavy atom. The lowest BCUT2D eigenvalue weighted by Gasteiger charge is -2.42. The van der Waals surface area contributed by atoms with Gasteiger partial charge in [0.05, 0.1) is 5.69 Å². The molecular weight excluding hydrogens is 248 g/mol. The SMILES string of the molecule is CC1CCCC(N2CCN(c3ncccc3N)CC2)C1. The van der Waals surface area contributed by atoms with Gasteiger partial charge in [-0.15, -0.1) is 0 Å². The normalized spacial score (nSPS) is 28.6. The molecule has 0 bridgehead atoms. The lowest BCUT2D eigenvalue weighted by Crippen LogP contribution is -2.51. The van der Waals surface area contributed by atoms with Crippen LogP contribution in [0.2, 0.25) is 0 Å². The van der Waals surface area contributed by atoms with E-state index >= 15 is 0 Å². The van der Waals surface area contributed by atoms with E-state index in [0.717, 1.165) is 49.6 Å². The quantitative estimate of drug-likeness (QED) is 0.899. The van der Waals surface area contributed by atoms with Gasteiger partial charge in [-0.1, -0.05) is 19.8 Å². The highest BCUT2D eigenvalue weighted by molar-refractivity contribution is 5.62. The van der Waals surface area contributed by atoms with Crippen molar-refractivity contribution in [3.63, 3.8) is 0 Å². The number of hydrogen-bond donors (Lipinski definition) is 1. The van der Waals surface area contributed by atoms with Crippen LogP contribution in [0.15, 0.2) is 18.3 Å². The van der Waals surface area contributed by atoms with E-state index in [-0.39, 0.29) is 0 Å². The average molecular weight is 274 g/mol. The van der Waals surface area contributed by atoms with Gasteiger partial charge in [0.2, 0.25) is 0 Å². The molecule has 2 N–H and O–H groups in total. The van der Waals surface area contributed by atoms with Crippen molar-refractivity contribution in [3.8, 4) is 0 Å². The number of aromatic nitrogens is 1. The third-order valence-corrected chi connectivity index (χ3v) is 4.86. The molecule has 0 spiro atoms. The van der Waals surface area contributed by atoms with Crippen LogP contribution in [0.4, 0.5) is 11.5 Å². The van der Waals surface area contributed by atoms with Gasteiger partial charge in [0, 0.05) is 38.4 Å². The second-order valence-corrected chi connectivity index (χ2v) is 6.36. The van der Waals surface area contributed by atoms with Crippen LogP contribution in [0.5, 0.6) is 0 Å². The van der Waals surface area contributed by atoms with Crippen molar-refractivity contribution in [3.05, 3.63) is 18.3 Å². The molecule has 1 saturated heterocycles. The molecule has 4 nitrogen and oxygen atoms in total. The lowest BCUT2D eigenvalue weighted by molar-refractivity contribution is 0.127. The molecule has 1 aliphatic heterocycles. The Labute approximate surface area is 122 Å². The average Bonchev–Trinajstić information content (AvgIpc) is 2.48. The number of nitrogen functional groups attached to an aromatic ring is 1. The van der Waals surface area contributed by atoms with Gasteiger partial charge in [0.15, 0.2) is 5.82 Å². The molecule has 2 heterocycles. The van der Waals surface area contributed by atoms with Crippen molar-refractivity contribution in [2.24, 2.45) is 5.92 Å². The Balaban J connectivity index is 1.58. The van der Waals surface area contributed by atoms with Gasteiger partial charge in [-0.2, -0.15) is 0 Å². The first-order chi connectivity index (χ1) is 9.74. The molecule has 2 unspecified atom stereocenters. The number of nitrogens with zero attached hydrogens (tertiary/aromatic N) is 3. The van der Waals surface area contributed by atoms with Crippen LogP contribution in [0.1, 0.15) is 32.6 Å². The van der Waals surface area contributed by atoms with Crippen molar-refractivity contribution in [2.45, 2.75) is 38.6 Å². The highest BCUT2D eigenvalue weighted by Gasteiger charge is 2.28. The molecule has 1 saturated carbocycles. The Morgan fingerprint density at radius 2 is 2.00 bits per heavy atom. The van der Waals surface area contributed by atoms with Crippen molar-refractivity contribution in [2.75, 3.05) is 36.8 Å². The smallest absolute Gasteiger partial charge is 0.151 e. The Bertz CT molecular complexity index is 440. The molecule has 0 amide bonds. The van der Waals surface area contributed by atoms with Crippen LogP contribution in [-0.4, -0.2) is 42.1 Å². The number of rotatable bonds is 2. The van der Waals surface area contributed by atoms with E-state index in [2.05, 4.69) is 21.7 Å². The molecule has 110 valence electrons. The molecule has 0 aromatic carbocycles. The Hall–Kier alpha value is -1.29. The van der Waals surface area contributed by atoms with Crippen LogP contribution < -0.4 is 10.6 Å². The van der Waals surface area contributed by atoms with Gasteiger partial charge in [0.25, 0.3) is 0 Å². The summed E-state index contributed by atoms with van der Waals surface area (Å²) in [5.74, 6) is 1.86. The summed E-state index contributed by atoms with van der Waals surface area (Å²) in [6, 6.07) is 4.65. The van der Waals surface area contributed by atoms with Crippen molar-refractivity contribution >= 4 is 11.5 Å². The molecule has 20 heavy (non-hydrogen) atoms. The Kier molecular flexibility index (Phi) is 4.10. The molecule has 2 atom stereocenters. The maximum Gasteiger partial charge on any atom is 0.151 e. The first kappa shape index (κ1) is 13.7. The minimum atomic E-state index is 0.798. The Morgan fingerprint density at radius 3 is 2.70 bits per heavy atom. The molecule has 2 fully saturated rings. The summed E-state index contributed by atoms with van der Waals surface area (Å²) in [4.78, 5) is 9.45. The van der Waals surface area contributed by atoms with Crippen molar-refractivity contribution < 1.29 is 0 Å². The van der Waals surface area contributed by atoms with Crippen LogP contribution in [0.25, 0.3) is 0 Å². The highest BCUT2D eigenvalue weighted by atomic mass is 15.3. The van der Waals surface area contributed by atoms with E-state index < -0.39 is 0 Å². The summed E-state index contributed by atoms with van der Waals surface area (Å²) in [5, 5.41) is 0. The zero-order chi connectivity index (χ0) is 13.9. The second-order valence-electron chi connectivity index (χ2n) is 6.36. The predicted molar refractivity (Wildman–Crippen MR) is 83.9 cm³/mol. The van der Waals surface area contributed by atoms with Gasteiger partial charge in [-0.05, 0) is 30.9 Å². The molecule has 1 aliphatic carbocycles. The first-order valence-electron chi connectivity index (χ1n) is 7.93. The summed E-state index contributed by atoms with van der Waals surface area (Å²) < 4.78 is 0. The fourth-order valence-corrected chi connectivity index (χ4v) is 3.71. The summed E-state index contributed by atoms with van der Waals surface area (Å²) in [7, 11) is 0. The van der Waals surface area contributed by atoms with E-state index in [1.54, 1.807) is 0 Å². The van der Waals surface area contributed by atoms with Crippen LogP contribution in [0.3, 0.4) is 0 Å². The molecule has 1 aromatic rings. The molecule has 1 aromatic heterocycles. The summed E-state index contributed by atoms with van der Waals surface area (Å²) >= 11 is 0. The zero-order valence-electron chi connectivity index (χ0n) is 12.5. The number of piperazine rings is 1. The van der Waals surface area contributed by atoms with Crippen molar-refractivity contribution in [1.29, 1.82) is 0 Å². The topological polar surface area (TPSA) is 45.4 Å². The molecule has 3 rings (SSSR count). The monoisotopic (exact) mass is 274 g/mol. The van der Waals surface area contributed by atoms with Gasteiger partial charge >= 0.3 is 0 Å². The van der Waals surface area contributed by atoms with Crippen LogP contribution in [0, 0.1) is 5.92 Å². The van der Waals surface area contributed by atoms with Crippen LogP contribution >= 0.6 is 0 Å². The third-order valence-electron chi connectivity index (χ3n) is 4.86. The van der Waals surface area contributed by atoms with E-state index in [1.807, 2.05) is 18.3 Å². The fourth-order valence-electron chi connectivity index (χ4n) is 3.71. The minimum Gasteiger partial charge on any atom is -0.396 e. The fraction of sp³-hybridized carbons (Fsp3) is 0.688. The van der Waals surface area contributed by atoms with E-state index in [0.29, 0.717) is 0 Å². The maximum atomic E-state index is 6.03. The number of hydrogen-bond acceptors (Lipinski definition) is 4. The van der Waals surface area contributed by atoms with E-state index in [4.69, 9.17) is 5.73 Å². The van der Waals surface area contributed by atoms with Crippen LogP contribution in [-0.2, 0) is 0 Å². The number of anilines is 2. The van der Waals surface area contributed by atoms with Crippen molar-refractivity contribution in [1.82, 2.24) is 9.88 Å².